The zero-order valence-electron chi connectivity index (χ0n) is 34.0. The first-order valence-corrected chi connectivity index (χ1v) is 19.9. The minimum absolute atomic E-state index is 0. The van der Waals surface area contributed by atoms with Gasteiger partial charge in [-0.15, -0.1) is 0 Å². The number of carbonyl (C=O) groups excluding carboxylic acids is 4. The van der Waals surface area contributed by atoms with E-state index in [4.69, 9.17) is 5.73 Å². The maximum absolute atomic E-state index is 13.1. The molecule has 0 radical (unpaired) electrons. The Bertz CT molecular complexity index is 1540. The van der Waals surface area contributed by atoms with Crippen LogP contribution in [-0.2, 0) is 25.4 Å². The van der Waals surface area contributed by atoms with Gasteiger partial charge in [0.2, 0.25) is 5.91 Å². The number of ether oxygens (including phenoxy) is 1. The predicted molar refractivity (Wildman–Crippen MR) is 220 cm³/mol. The van der Waals surface area contributed by atoms with Crippen molar-refractivity contribution < 1.29 is 34.0 Å². The maximum Gasteiger partial charge on any atom is 0.418 e. The molecule has 4 amide bonds. The van der Waals surface area contributed by atoms with Crippen LogP contribution in [-0.4, -0.2) is 157 Å². The second-order valence-corrected chi connectivity index (χ2v) is 16.3. The Morgan fingerprint density at radius 2 is 1.44 bits per heavy atom. The van der Waals surface area contributed by atoms with Crippen molar-refractivity contribution >= 4 is 38.1 Å². The number of esters is 1. The summed E-state index contributed by atoms with van der Waals surface area (Å²) < 4.78 is 8.59. The molecule has 0 aromatic carbocycles. The molecule has 5 heterocycles. The Hall–Kier alpha value is -3.97. The number of urea groups is 1. The summed E-state index contributed by atoms with van der Waals surface area (Å²) in [5, 5.41) is 25.5. The molecule has 3 saturated heterocycles. The van der Waals surface area contributed by atoms with Gasteiger partial charge in [0.1, 0.15) is 12.1 Å². The number of nitrogens with zero attached hydrogens (tertiary/aromatic N) is 8. The van der Waals surface area contributed by atoms with E-state index in [0.29, 0.717) is 52.4 Å². The number of hydrogen-bond donors (Lipinski definition) is 5. The molecule has 2 aromatic rings. The van der Waals surface area contributed by atoms with Crippen molar-refractivity contribution in [2.24, 2.45) is 5.73 Å². The van der Waals surface area contributed by atoms with Gasteiger partial charge in [0.05, 0.1) is 12.7 Å². The zero-order chi connectivity index (χ0) is 41.0. The van der Waals surface area contributed by atoms with Crippen molar-refractivity contribution in [2.75, 3.05) is 52.4 Å². The monoisotopic (exact) mass is 800 g/mol. The highest BCUT2D eigenvalue weighted by molar-refractivity contribution is 6.45. The third-order valence-corrected chi connectivity index (χ3v) is 11.3. The largest absolute Gasteiger partial charge is 0.437 e. The van der Waals surface area contributed by atoms with Crippen LogP contribution in [0, 0.1) is 0 Å². The van der Waals surface area contributed by atoms with Gasteiger partial charge in [-0.05, 0) is 73.6 Å². The number of nitrogens with one attached hydrogen (secondary N) is 2. The molecule has 18 nitrogen and oxygen atoms in total. The SMILES string of the molecule is C.CB(O)N1CCN(C(=O)NC2CCCCC2)[C@@H](C(=O)NCCC(C)(C)n2ccnc2)C1.CB(O)N1CCN2C(=O)OC(=O)[C@H]2C1.CC(C)(CCN)n1ccnc1. The Balaban J connectivity index is 0.000000274. The Labute approximate surface area is 339 Å². The van der Waals surface area contributed by atoms with E-state index < -0.39 is 38.2 Å². The van der Waals surface area contributed by atoms with Crippen LogP contribution in [0.25, 0.3) is 0 Å². The van der Waals surface area contributed by atoms with Crippen molar-refractivity contribution in [3.63, 3.8) is 0 Å². The first-order valence-electron chi connectivity index (χ1n) is 19.9. The average molecular weight is 800 g/mol. The summed E-state index contributed by atoms with van der Waals surface area (Å²) in [6, 6.07) is -1.14. The van der Waals surface area contributed by atoms with Crippen molar-refractivity contribution in [1.29, 1.82) is 0 Å². The molecule has 0 bridgehead atoms. The smallest absolute Gasteiger partial charge is 0.418 e. The van der Waals surface area contributed by atoms with Crippen LogP contribution in [0.4, 0.5) is 9.59 Å². The standard InChI is InChI=1S/C21H37BN6O3.C8H15N3.C7H11BN2O4.CH4/c1-21(2,26-12-11-23-16-26)9-10-24-19(29)18-15-27(22(3)31)13-14-28(18)20(30)25-17-7-5-4-6-8-17;1-8(2,3-4-9)11-6-5-10-7-11;1-8(13)9-2-3-10-5(4-9)6(11)14-7(10)12;/h11-12,16-18,31H,4-10,13-15H2,1-3H3,(H,24,29)(H,25,30);5-7H,3-4,9H2,1-2H3;5,13H,2-4H2,1H3;1H4/t18-;;5-;/m1.1./s1. The fourth-order valence-electron chi connectivity index (χ4n) is 7.35. The van der Waals surface area contributed by atoms with Crippen LogP contribution in [0.2, 0.25) is 13.6 Å². The molecule has 0 spiro atoms. The molecule has 1 saturated carbocycles. The molecule has 0 unspecified atom stereocenters. The first-order chi connectivity index (χ1) is 26.5. The van der Waals surface area contributed by atoms with Crippen LogP contribution in [0.5, 0.6) is 0 Å². The molecule has 318 valence electrons. The number of amides is 4. The summed E-state index contributed by atoms with van der Waals surface area (Å²) in [4.78, 5) is 63.1. The first kappa shape index (κ1) is 47.4. The molecular weight excluding hydrogens is 732 g/mol. The highest BCUT2D eigenvalue weighted by atomic mass is 16.6. The summed E-state index contributed by atoms with van der Waals surface area (Å²) in [6.07, 6.45) is 17.7. The van der Waals surface area contributed by atoms with Crippen molar-refractivity contribution in [1.82, 2.24) is 49.2 Å². The average Bonchev–Trinajstić information content (AvgIpc) is 3.96. The van der Waals surface area contributed by atoms with Crippen LogP contribution in [0.3, 0.4) is 0 Å². The molecule has 20 heteroatoms. The normalized spacial score (nSPS) is 20.5. The van der Waals surface area contributed by atoms with E-state index in [1.165, 1.54) is 11.3 Å². The number of hydrogen-bond acceptors (Lipinski definition) is 12. The fraction of sp³-hybridized carbons (Fsp3) is 0.730. The van der Waals surface area contributed by atoms with Gasteiger partial charge >= 0.3 is 32.2 Å². The van der Waals surface area contributed by atoms with Gasteiger partial charge in [-0.2, -0.15) is 0 Å². The van der Waals surface area contributed by atoms with Crippen molar-refractivity contribution in [3.05, 3.63) is 37.4 Å². The van der Waals surface area contributed by atoms with Gasteiger partial charge in [0.15, 0.2) is 0 Å². The number of cyclic esters (lactones) is 2. The summed E-state index contributed by atoms with van der Waals surface area (Å²) in [6.45, 7) is 15.7. The second-order valence-electron chi connectivity index (χ2n) is 16.3. The highest BCUT2D eigenvalue weighted by Gasteiger charge is 2.45. The molecule has 2 aromatic heterocycles. The number of imidazole rings is 2. The van der Waals surface area contributed by atoms with E-state index in [1.807, 2.05) is 28.1 Å². The Kier molecular flexibility index (Phi) is 18.0. The quantitative estimate of drug-likeness (QED) is 0.125. The minimum Gasteiger partial charge on any atom is -0.437 e. The summed E-state index contributed by atoms with van der Waals surface area (Å²) >= 11 is 0. The van der Waals surface area contributed by atoms with E-state index in [1.54, 1.807) is 42.1 Å². The molecule has 3 aliphatic heterocycles. The Morgan fingerprint density at radius 1 is 0.877 bits per heavy atom. The lowest BCUT2D eigenvalue weighted by Gasteiger charge is -2.41. The number of carbonyl (C=O) groups is 4. The highest BCUT2D eigenvalue weighted by Crippen LogP contribution is 2.22. The third-order valence-electron chi connectivity index (χ3n) is 11.3. The third kappa shape index (κ3) is 13.3. The van der Waals surface area contributed by atoms with Crippen LogP contribution in [0.1, 0.15) is 80.1 Å². The van der Waals surface area contributed by atoms with Crippen molar-refractivity contribution in [2.45, 2.75) is 123 Å². The van der Waals surface area contributed by atoms with Gasteiger partial charge in [0.25, 0.3) is 0 Å². The predicted octanol–water partition coefficient (Wildman–Crippen LogP) is 1.63. The van der Waals surface area contributed by atoms with E-state index >= 15 is 0 Å². The maximum atomic E-state index is 13.1. The van der Waals surface area contributed by atoms with Gasteiger partial charge in [-0.3, -0.25) is 9.69 Å². The summed E-state index contributed by atoms with van der Waals surface area (Å²) in [5.74, 6) is -0.689. The molecule has 2 atom stereocenters. The minimum atomic E-state index is -0.654. The molecule has 57 heavy (non-hydrogen) atoms. The molecule has 6 rings (SSSR count). The molecular formula is C37H67B2N11O7. The van der Waals surface area contributed by atoms with Gasteiger partial charge < -0.3 is 54.8 Å². The number of rotatable bonds is 11. The van der Waals surface area contributed by atoms with Gasteiger partial charge in [0, 0.05) is 87.7 Å². The lowest BCUT2D eigenvalue weighted by Crippen LogP contribution is -2.65. The lowest BCUT2D eigenvalue weighted by molar-refractivity contribution is -0.136. The molecule has 4 aliphatic rings. The Morgan fingerprint density at radius 3 is 1.98 bits per heavy atom. The van der Waals surface area contributed by atoms with Crippen molar-refractivity contribution in [3.8, 4) is 0 Å². The number of fused-ring (bicyclic) bond motifs is 1. The fourth-order valence-corrected chi connectivity index (χ4v) is 7.35. The number of nitrogens with two attached hydrogens (primary N) is 1. The zero-order valence-corrected chi connectivity index (χ0v) is 34.0. The van der Waals surface area contributed by atoms with Gasteiger partial charge in [-0.1, -0.05) is 26.7 Å². The number of piperazine rings is 2. The molecule has 6 N–H and O–H groups in total. The summed E-state index contributed by atoms with van der Waals surface area (Å²) in [7, 11) is -1.25. The van der Waals surface area contributed by atoms with E-state index in [9.17, 15) is 29.2 Å². The van der Waals surface area contributed by atoms with Crippen LogP contribution < -0.4 is 16.4 Å². The van der Waals surface area contributed by atoms with E-state index in [-0.39, 0.29) is 36.5 Å². The van der Waals surface area contributed by atoms with E-state index in [0.717, 1.165) is 38.5 Å². The molecule has 1 aliphatic carbocycles. The van der Waals surface area contributed by atoms with Gasteiger partial charge in [-0.25, -0.2) is 24.4 Å². The molecule has 4 fully saturated rings. The summed E-state index contributed by atoms with van der Waals surface area (Å²) in [5.41, 5.74) is 5.41. The topological polar surface area (TPSA) is 217 Å². The second kappa shape index (κ2) is 21.7. The van der Waals surface area contributed by atoms with Crippen LogP contribution in [0.15, 0.2) is 37.4 Å². The van der Waals surface area contributed by atoms with E-state index in [2.05, 4.69) is 57.6 Å². The lowest BCUT2D eigenvalue weighted by atomic mass is 9.83. The number of aromatic nitrogens is 4. The van der Waals surface area contributed by atoms with Crippen LogP contribution >= 0.6 is 0 Å².